The van der Waals surface area contributed by atoms with Crippen molar-refractivity contribution < 1.29 is 13.2 Å². The zero-order valence-corrected chi connectivity index (χ0v) is 11.8. The molecule has 0 aromatic heterocycles. The molecule has 0 amide bonds. The molecular formula is C12H24N2O3S. The van der Waals surface area contributed by atoms with Gasteiger partial charge in [0.2, 0.25) is 10.0 Å². The van der Waals surface area contributed by atoms with Crippen LogP contribution in [0, 0.1) is 0 Å². The maximum absolute atomic E-state index is 12.2. The number of nitrogens with one attached hydrogen (secondary N) is 1. The van der Waals surface area contributed by atoms with Crippen LogP contribution in [0.5, 0.6) is 0 Å². The molecule has 2 saturated heterocycles. The van der Waals surface area contributed by atoms with E-state index in [1.807, 2.05) is 0 Å². The van der Waals surface area contributed by atoms with Crippen LogP contribution < -0.4 is 5.32 Å². The van der Waals surface area contributed by atoms with Gasteiger partial charge >= 0.3 is 0 Å². The van der Waals surface area contributed by atoms with Gasteiger partial charge in [0.15, 0.2) is 0 Å². The molecule has 1 N–H and O–H groups in total. The SMILES string of the molecule is O=S(=O)(CCC1CCCCN1)N1CCCOCC1. The molecule has 2 rings (SSSR count). The minimum atomic E-state index is -3.09. The molecular weight excluding hydrogens is 252 g/mol. The molecule has 18 heavy (non-hydrogen) atoms. The molecule has 0 spiro atoms. The van der Waals surface area contributed by atoms with Crippen LogP contribution in [0.15, 0.2) is 0 Å². The van der Waals surface area contributed by atoms with Gasteiger partial charge in [-0.1, -0.05) is 6.42 Å². The Bertz CT molecular complexity index is 331. The van der Waals surface area contributed by atoms with Crippen molar-refractivity contribution in [3.05, 3.63) is 0 Å². The van der Waals surface area contributed by atoms with Crippen LogP contribution in [0.4, 0.5) is 0 Å². The van der Waals surface area contributed by atoms with Crippen molar-refractivity contribution in [2.24, 2.45) is 0 Å². The molecule has 2 aliphatic rings. The summed E-state index contributed by atoms with van der Waals surface area (Å²) in [5.41, 5.74) is 0. The highest BCUT2D eigenvalue weighted by atomic mass is 32.2. The molecule has 2 heterocycles. The van der Waals surface area contributed by atoms with Gasteiger partial charge in [0.1, 0.15) is 0 Å². The Morgan fingerprint density at radius 3 is 2.83 bits per heavy atom. The summed E-state index contributed by atoms with van der Waals surface area (Å²) in [4.78, 5) is 0. The fourth-order valence-electron chi connectivity index (χ4n) is 2.59. The number of hydrogen-bond acceptors (Lipinski definition) is 4. The number of hydrogen-bond donors (Lipinski definition) is 1. The second-order valence-corrected chi connectivity index (χ2v) is 7.20. The quantitative estimate of drug-likeness (QED) is 0.815. The zero-order valence-electron chi connectivity index (χ0n) is 10.9. The topological polar surface area (TPSA) is 58.6 Å². The number of ether oxygens (including phenoxy) is 1. The highest BCUT2D eigenvalue weighted by Crippen LogP contribution is 2.13. The molecule has 2 fully saturated rings. The third-order valence-electron chi connectivity index (χ3n) is 3.71. The Hall–Kier alpha value is -0.170. The van der Waals surface area contributed by atoms with E-state index in [0.29, 0.717) is 32.3 Å². The smallest absolute Gasteiger partial charge is 0.214 e. The van der Waals surface area contributed by atoms with E-state index in [1.165, 1.54) is 12.8 Å². The van der Waals surface area contributed by atoms with E-state index < -0.39 is 10.0 Å². The van der Waals surface area contributed by atoms with Crippen LogP contribution >= 0.6 is 0 Å². The number of piperidine rings is 1. The van der Waals surface area contributed by atoms with Gasteiger partial charge in [0.25, 0.3) is 0 Å². The largest absolute Gasteiger partial charge is 0.380 e. The number of sulfonamides is 1. The second-order valence-electron chi connectivity index (χ2n) is 5.12. The fraction of sp³-hybridized carbons (Fsp3) is 1.00. The van der Waals surface area contributed by atoms with E-state index in [0.717, 1.165) is 25.8 Å². The molecule has 2 aliphatic heterocycles. The minimum absolute atomic E-state index is 0.269. The van der Waals surface area contributed by atoms with Crippen molar-refractivity contribution in [2.75, 3.05) is 38.6 Å². The van der Waals surface area contributed by atoms with Crippen molar-refractivity contribution in [3.8, 4) is 0 Å². The highest BCUT2D eigenvalue weighted by molar-refractivity contribution is 7.89. The van der Waals surface area contributed by atoms with Gasteiger partial charge in [-0.05, 0) is 32.2 Å². The summed E-state index contributed by atoms with van der Waals surface area (Å²) in [5, 5.41) is 3.40. The van der Waals surface area contributed by atoms with Gasteiger partial charge in [0.05, 0.1) is 12.4 Å². The summed E-state index contributed by atoms with van der Waals surface area (Å²) >= 11 is 0. The average Bonchev–Trinajstić information content (AvgIpc) is 2.67. The molecule has 6 heteroatoms. The Labute approximate surface area is 110 Å². The summed E-state index contributed by atoms with van der Waals surface area (Å²) in [7, 11) is -3.09. The Morgan fingerprint density at radius 2 is 2.06 bits per heavy atom. The van der Waals surface area contributed by atoms with Crippen LogP contribution in [-0.2, 0) is 14.8 Å². The van der Waals surface area contributed by atoms with E-state index in [2.05, 4.69) is 5.32 Å². The van der Waals surface area contributed by atoms with E-state index in [-0.39, 0.29) is 5.75 Å². The summed E-state index contributed by atoms with van der Waals surface area (Å²) in [6, 6.07) is 0.386. The van der Waals surface area contributed by atoms with Gasteiger partial charge in [-0.15, -0.1) is 0 Å². The lowest BCUT2D eigenvalue weighted by molar-refractivity contribution is 0.148. The molecule has 0 aromatic carbocycles. The van der Waals surface area contributed by atoms with Crippen molar-refractivity contribution in [3.63, 3.8) is 0 Å². The first kappa shape index (κ1) is 14.2. The summed E-state index contributed by atoms with van der Waals surface area (Å²) < 4.78 is 31.3. The minimum Gasteiger partial charge on any atom is -0.380 e. The van der Waals surface area contributed by atoms with Gasteiger partial charge in [0, 0.05) is 25.7 Å². The van der Waals surface area contributed by atoms with Crippen LogP contribution in [0.3, 0.4) is 0 Å². The predicted molar refractivity (Wildman–Crippen MR) is 71.1 cm³/mol. The maximum Gasteiger partial charge on any atom is 0.214 e. The van der Waals surface area contributed by atoms with Crippen molar-refractivity contribution in [1.82, 2.24) is 9.62 Å². The average molecular weight is 276 g/mol. The molecule has 106 valence electrons. The van der Waals surface area contributed by atoms with Gasteiger partial charge < -0.3 is 10.1 Å². The molecule has 0 radical (unpaired) electrons. The summed E-state index contributed by atoms with van der Waals surface area (Å²) in [6.07, 6.45) is 5.08. The monoisotopic (exact) mass is 276 g/mol. The lowest BCUT2D eigenvalue weighted by Gasteiger charge is -2.25. The third kappa shape index (κ3) is 4.19. The Balaban J connectivity index is 1.81. The zero-order chi connectivity index (χ0) is 12.8. The first-order valence-electron chi connectivity index (χ1n) is 6.97. The molecule has 5 nitrogen and oxygen atoms in total. The lowest BCUT2D eigenvalue weighted by atomic mass is 10.0. The molecule has 1 unspecified atom stereocenters. The van der Waals surface area contributed by atoms with Gasteiger partial charge in [-0.25, -0.2) is 8.42 Å². The lowest BCUT2D eigenvalue weighted by Crippen LogP contribution is -2.39. The first-order valence-corrected chi connectivity index (χ1v) is 8.58. The Kier molecular flexibility index (Phi) is 5.41. The van der Waals surface area contributed by atoms with Crippen LogP contribution in [-0.4, -0.2) is 57.4 Å². The summed E-state index contributed by atoms with van der Waals surface area (Å²) in [5.74, 6) is 0.269. The van der Waals surface area contributed by atoms with Crippen LogP contribution in [0.1, 0.15) is 32.1 Å². The van der Waals surface area contributed by atoms with E-state index in [9.17, 15) is 8.42 Å². The van der Waals surface area contributed by atoms with Crippen LogP contribution in [0.2, 0.25) is 0 Å². The highest BCUT2D eigenvalue weighted by Gasteiger charge is 2.24. The van der Waals surface area contributed by atoms with Crippen LogP contribution in [0.25, 0.3) is 0 Å². The predicted octanol–water partition coefficient (Wildman–Crippen LogP) is 0.571. The molecule has 0 aromatic rings. The van der Waals surface area contributed by atoms with Crippen molar-refractivity contribution >= 4 is 10.0 Å². The van der Waals surface area contributed by atoms with E-state index >= 15 is 0 Å². The van der Waals surface area contributed by atoms with Gasteiger partial charge in [-0.2, -0.15) is 4.31 Å². The Morgan fingerprint density at radius 1 is 1.17 bits per heavy atom. The first-order chi connectivity index (χ1) is 8.68. The molecule has 0 saturated carbocycles. The van der Waals surface area contributed by atoms with Crippen molar-refractivity contribution in [2.45, 2.75) is 38.1 Å². The van der Waals surface area contributed by atoms with Gasteiger partial charge in [-0.3, -0.25) is 0 Å². The van der Waals surface area contributed by atoms with E-state index in [1.54, 1.807) is 4.31 Å². The summed E-state index contributed by atoms with van der Waals surface area (Å²) in [6.45, 7) is 3.36. The molecule has 1 atom stereocenters. The standard InChI is InChI=1S/C12H24N2O3S/c15-18(16,14-7-3-9-17-10-8-14)11-5-12-4-1-2-6-13-12/h12-13H,1-11H2. The van der Waals surface area contributed by atoms with Crippen molar-refractivity contribution in [1.29, 1.82) is 0 Å². The normalized spacial score (nSPS) is 27.9. The fourth-order valence-corrected chi connectivity index (χ4v) is 4.19. The number of nitrogens with zero attached hydrogens (tertiary/aromatic N) is 1. The molecule has 0 bridgehead atoms. The number of rotatable bonds is 4. The second kappa shape index (κ2) is 6.84. The molecule has 0 aliphatic carbocycles. The maximum atomic E-state index is 12.2. The third-order valence-corrected chi connectivity index (χ3v) is 5.61. The van der Waals surface area contributed by atoms with E-state index in [4.69, 9.17) is 4.74 Å².